The summed E-state index contributed by atoms with van der Waals surface area (Å²) in [6.45, 7) is 7.01. The van der Waals surface area contributed by atoms with E-state index in [2.05, 4.69) is 54.7 Å². The molecule has 1 saturated heterocycles. The zero-order chi connectivity index (χ0) is 20.6. The van der Waals surface area contributed by atoms with Crippen LogP contribution in [0.4, 0.5) is 0 Å². The predicted molar refractivity (Wildman–Crippen MR) is 120 cm³/mol. The number of aliphatic imine (C=N–C) groups is 1. The number of benzene rings is 1. The molecule has 3 rings (SSSR count). The minimum atomic E-state index is 0.0323. The van der Waals surface area contributed by atoms with E-state index in [1.165, 1.54) is 37.1 Å². The van der Waals surface area contributed by atoms with Crippen molar-refractivity contribution in [3.05, 3.63) is 51.5 Å². The number of aromatic nitrogens is 1. The summed E-state index contributed by atoms with van der Waals surface area (Å²) < 4.78 is 5.35. The van der Waals surface area contributed by atoms with Crippen LogP contribution in [0.2, 0.25) is 0 Å². The van der Waals surface area contributed by atoms with E-state index < -0.39 is 0 Å². The number of hydrogen-bond acceptors (Lipinski definition) is 5. The molecule has 2 heterocycles. The third-order valence-electron chi connectivity index (χ3n) is 5.32. The average molecular weight is 416 g/mol. The molecule has 1 unspecified atom stereocenters. The van der Waals surface area contributed by atoms with Crippen molar-refractivity contribution in [3.8, 4) is 0 Å². The van der Waals surface area contributed by atoms with Crippen LogP contribution < -0.4 is 5.32 Å². The fraction of sp³-hybridized carbons (Fsp3) is 0.545. The van der Waals surface area contributed by atoms with Gasteiger partial charge in [0.1, 0.15) is 11.1 Å². The van der Waals surface area contributed by atoms with Gasteiger partial charge in [-0.25, -0.2) is 4.98 Å². The third kappa shape index (κ3) is 6.26. The van der Waals surface area contributed by atoms with Gasteiger partial charge >= 0.3 is 0 Å². The summed E-state index contributed by atoms with van der Waals surface area (Å²) >= 11 is 1.64. The van der Waals surface area contributed by atoms with Gasteiger partial charge in [-0.05, 0) is 44.0 Å². The van der Waals surface area contributed by atoms with Gasteiger partial charge in [-0.15, -0.1) is 11.3 Å². The number of hydrogen-bond donors (Lipinski definition) is 1. The lowest BCUT2D eigenvalue weighted by atomic mass is 10.1. The molecule has 1 aliphatic heterocycles. The van der Waals surface area contributed by atoms with Crippen molar-refractivity contribution in [2.45, 2.75) is 45.5 Å². The molecule has 1 N–H and O–H groups in total. The Labute approximate surface area is 178 Å². The molecular weight excluding hydrogens is 382 g/mol. The van der Waals surface area contributed by atoms with Crippen LogP contribution in [0.3, 0.4) is 0 Å². The monoisotopic (exact) mass is 415 g/mol. The van der Waals surface area contributed by atoms with Crippen molar-refractivity contribution in [2.24, 2.45) is 4.99 Å². The lowest BCUT2D eigenvalue weighted by Gasteiger charge is -2.21. The fourth-order valence-corrected chi connectivity index (χ4v) is 4.37. The molecule has 2 aromatic rings. The molecule has 0 radical (unpaired) electrons. The van der Waals surface area contributed by atoms with Gasteiger partial charge in [-0.1, -0.05) is 24.3 Å². The summed E-state index contributed by atoms with van der Waals surface area (Å²) in [5.41, 5.74) is 3.68. The van der Waals surface area contributed by atoms with E-state index >= 15 is 0 Å². The molecule has 1 aromatic carbocycles. The number of likely N-dealkylation sites (tertiary alicyclic amines) is 1. The Kier molecular flexibility index (Phi) is 8.03. The zero-order valence-electron chi connectivity index (χ0n) is 18.0. The first-order chi connectivity index (χ1) is 14.1. The quantitative estimate of drug-likeness (QED) is 0.527. The van der Waals surface area contributed by atoms with E-state index in [4.69, 9.17) is 4.74 Å². The summed E-state index contributed by atoms with van der Waals surface area (Å²) in [4.78, 5) is 13.7. The van der Waals surface area contributed by atoms with Crippen molar-refractivity contribution in [2.75, 3.05) is 34.3 Å². The molecule has 7 heteroatoms. The van der Waals surface area contributed by atoms with E-state index in [0.29, 0.717) is 6.54 Å². The second-order valence-corrected chi connectivity index (χ2v) is 8.50. The highest BCUT2D eigenvalue weighted by atomic mass is 32.1. The van der Waals surface area contributed by atoms with Crippen LogP contribution in [0.5, 0.6) is 0 Å². The Bertz CT molecular complexity index is 783. The standard InChI is InChI=1S/C22H33N5OS/c1-17(28-4)21-25-20(16-29-21)15-26(3)22(23-2)24-13-18-7-9-19(10-8-18)14-27-11-5-6-12-27/h7-10,16-17H,5-6,11-15H2,1-4H3,(H,23,24). The minimum Gasteiger partial charge on any atom is -0.375 e. The summed E-state index contributed by atoms with van der Waals surface area (Å²) in [5, 5.41) is 6.55. The summed E-state index contributed by atoms with van der Waals surface area (Å²) in [6.07, 6.45) is 2.70. The lowest BCUT2D eigenvalue weighted by molar-refractivity contribution is 0.119. The maximum absolute atomic E-state index is 5.35. The van der Waals surface area contributed by atoms with Gasteiger partial charge in [0.05, 0.1) is 12.2 Å². The van der Waals surface area contributed by atoms with Gasteiger partial charge in [0.25, 0.3) is 0 Å². The smallest absolute Gasteiger partial charge is 0.194 e. The van der Waals surface area contributed by atoms with Crippen LogP contribution >= 0.6 is 11.3 Å². The first-order valence-corrected chi connectivity index (χ1v) is 11.2. The molecule has 6 nitrogen and oxygen atoms in total. The van der Waals surface area contributed by atoms with Gasteiger partial charge in [0.15, 0.2) is 5.96 Å². The Morgan fingerprint density at radius 3 is 2.62 bits per heavy atom. The summed E-state index contributed by atoms with van der Waals surface area (Å²) in [5.74, 6) is 0.862. The molecule has 29 heavy (non-hydrogen) atoms. The molecule has 1 atom stereocenters. The van der Waals surface area contributed by atoms with E-state index in [1.54, 1.807) is 18.4 Å². The minimum absolute atomic E-state index is 0.0323. The van der Waals surface area contributed by atoms with Crippen LogP contribution in [-0.2, 0) is 24.4 Å². The van der Waals surface area contributed by atoms with Gasteiger partial charge in [-0.3, -0.25) is 9.89 Å². The maximum atomic E-state index is 5.35. The Hall–Kier alpha value is -1.96. The first kappa shape index (κ1) is 21.7. The lowest BCUT2D eigenvalue weighted by Crippen LogP contribution is -2.38. The SMILES string of the molecule is CN=C(NCc1ccc(CN2CCCC2)cc1)N(C)Cc1csc(C(C)OC)n1. The molecule has 1 fully saturated rings. The van der Waals surface area contributed by atoms with Gasteiger partial charge in [-0.2, -0.15) is 0 Å². The maximum Gasteiger partial charge on any atom is 0.194 e. The zero-order valence-corrected chi connectivity index (χ0v) is 18.8. The molecule has 0 bridgehead atoms. The van der Waals surface area contributed by atoms with E-state index in [0.717, 1.165) is 29.8 Å². The largest absolute Gasteiger partial charge is 0.375 e. The highest BCUT2D eigenvalue weighted by Gasteiger charge is 2.13. The predicted octanol–water partition coefficient (Wildman–Crippen LogP) is 3.65. The number of thiazole rings is 1. The molecule has 0 amide bonds. The molecule has 158 valence electrons. The van der Waals surface area contributed by atoms with Gasteiger partial charge in [0.2, 0.25) is 0 Å². The van der Waals surface area contributed by atoms with Gasteiger partial charge < -0.3 is 15.0 Å². The van der Waals surface area contributed by atoms with Crippen molar-refractivity contribution in [1.29, 1.82) is 0 Å². The van der Waals surface area contributed by atoms with Crippen LogP contribution in [0.25, 0.3) is 0 Å². The molecule has 1 aliphatic rings. The van der Waals surface area contributed by atoms with Crippen molar-refractivity contribution in [1.82, 2.24) is 20.1 Å². The van der Waals surface area contributed by atoms with E-state index in [9.17, 15) is 0 Å². The second-order valence-electron chi connectivity index (χ2n) is 7.61. The highest BCUT2D eigenvalue weighted by molar-refractivity contribution is 7.09. The molecule has 0 spiro atoms. The van der Waals surface area contributed by atoms with Crippen molar-refractivity contribution in [3.63, 3.8) is 0 Å². The number of rotatable bonds is 8. The van der Waals surface area contributed by atoms with Gasteiger partial charge in [0, 0.05) is 39.7 Å². The van der Waals surface area contributed by atoms with Crippen LogP contribution in [0, 0.1) is 0 Å². The first-order valence-electron chi connectivity index (χ1n) is 10.3. The van der Waals surface area contributed by atoms with Crippen molar-refractivity contribution < 1.29 is 4.74 Å². The number of methoxy groups -OCH3 is 1. The molecule has 0 aliphatic carbocycles. The summed E-state index contributed by atoms with van der Waals surface area (Å²) in [6, 6.07) is 8.92. The number of ether oxygens (including phenoxy) is 1. The normalized spacial score (nSPS) is 16.2. The fourth-order valence-electron chi connectivity index (χ4n) is 3.53. The van der Waals surface area contributed by atoms with Crippen molar-refractivity contribution >= 4 is 17.3 Å². The summed E-state index contributed by atoms with van der Waals surface area (Å²) in [7, 11) is 5.56. The topological polar surface area (TPSA) is 53.0 Å². The van der Waals surface area contributed by atoms with Crippen LogP contribution in [0.15, 0.2) is 34.6 Å². The van der Waals surface area contributed by atoms with E-state index in [1.807, 2.05) is 21.0 Å². The third-order valence-corrected chi connectivity index (χ3v) is 6.38. The molecule has 1 aromatic heterocycles. The van der Waals surface area contributed by atoms with E-state index in [-0.39, 0.29) is 6.10 Å². The number of guanidine groups is 1. The second kappa shape index (κ2) is 10.7. The molecule has 0 saturated carbocycles. The molecular formula is C22H33N5OS. The Morgan fingerprint density at radius 2 is 1.97 bits per heavy atom. The van der Waals surface area contributed by atoms with Crippen LogP contribution in [-0.4, -0.2) is 55.0 Å². The average Bonchev–Trinajstić information content (AvgIpc) is 3.41. The highest BCUT2D eigenvalue weighted by Crippen LogP contribution is 2.21. The Balaban J connectivity index is 1.49. The van der Waals surface area contributed by atoms with Crippen LogP contribution in [0.1, 0.15) is 47.7 Å². The Morgan fingerprint density at radius 1 is 1.28 bits per heavy atom. The number of nitrogens with one attached hydrogen (secondary N) is 1. The number of nitrogens with zero attached hydrogens (tertiary/aromatic N) is 4.